The summed E-state index contributed by atoms with van der Waals surface area (Å²) in [4.78, 5) is 39.5. The SMILES string of the molecule is CCn1c(C)cc(C(=O)CN2C(=O)N[C@@](C)(c3ccccc3OC)C2=O)c1C. The van der Waals surface area contributed by atoms with Crippen LogP contribution in [0.15, 0.2) is 30.3 Å². The summed E-state index contributed by atoms with van der Waals surface area (Å²) in [6.45, 7) is 7.88. The Bertz CT molecular complexity index is 963. The number of para-hydroxylation sites is 1. The highest BCUT2D eigenvalue weighted by atomic mass is 16.5. The van der Waals surface area contributed by atoms with E-state index < -0.39 is 17.5 Å². The Morgan fingerprint density at radius 3 is 2.50 bits per heavy atom. The third-order valence-corrected chi connectivity index (χ3v) is 5.41. The number of carbonyl (C=O) groups is 3. The van der Waals surface area contributed by atoms with Crippen LogP contribution in [0.5, 0.6) is 5.75 Å². The van der Waals surface area contributed by atoms with Gasteiger partial charge < -0.3 is 14.6 Å². The molecule has 1 N–H and O–H groups in total. The van der Waals surface area contributed by atoms with Gasteiger partial charge in [0.2, 0.25) is 0 Å². The summed E-state index contributed by atoms with van der Waals surface area (Å²) >= 11 is 0. The van der Waals surface area contributed by atoms with E-state index in [2.05, 4.69) is 5.32 Å². The molecule has 1 atom stereocenters. The molecule has 148 valence electrons. The number of methoxy groups -OCH3 is 1. The van der Waals surface area contributed by atoms with Crippen molar-refractivity contribution in [3.05, 3.63) is 52.8 Å². The van der Waals surface area contributed by atoms with Crippen molar-refractivity contribution >= 4 is 17.7 Å². The number of Topliss-reactive ketones (excluding diaryl/α,β-unsaturated/α-hetero) is 1. The fraction of sp³-hybridized carbons (Fsp3) is 0.381. The first kappa shape index (κ1) is 19.7. The van der Waals surface area contributed by atoms with Crippen LogP contribution in [0.25, 0.3) is 0 Å². The third kappa shape index (κ3) is 2.96. The highest BCUT2D eigenvalue weighted by Gasteiger charge is 2.50. The number of hydrogen-bond acceptors (Lipinski definition) is 4. The lowest BCUT2D eigenvalue weighted by molar-refractivity contribution is -0.130. The summed E-state index contributed by atoms with van der Waals surface area (Å²) in [7, 11) is 1.51. The fourth-order valence-corrected chi connectivity index (χ4v) is 3.88. The number of ether oxygens (including phenoxy) is 1. The van der Waals surface area contributed by atoms with Crippen molar-refractivity contribution in [3.63, 3.8) is 0 Å². The van der Waals surface area contributed by atoms with E-state index in [0.29, 0.717) is 16.9 Å². The highest BCUT2D eigenvalue weighted by molar-refractivity contribution is 6.11. The third-order valence-electron chi connectivity index (χ3n) is 5.41. The van der Waals surface area contributed by atoms with Crippen LogP contribution < -0.4 is 10.1 Å². The van der Waals surface area contributed by atoms with E-state index in [9.17, 15) is 14.4 Å². The average Bonchev–Trinajstić information content (AvgIpc) is 3.09. The minimum atomic E-state index is -1.29. The number of hydrogen-bond donors (Lipinski definition) is 1. The Hall–Kier alpha value is -3.09. The van der Waals surface area contributed by atoms with E-state index in [0.717, 1.165) is 22.8 Å². The predicted molar refractivity (Wildman–Crippen MR) is 105 cm³/mol. The number of urea groups is 1. The predicted octanol–water partition coefficient (Wildman–Crippen LogP) is 2.78. The molecule has 3 amide bonds. The number of nitrogens with zero attached hydrogens (tertiary/aromatic N) is 2. The summed E-state index contributed by atoms with van der Waals surface area (Å²) in [6, 6.07) is 8.24. The molecule has 1 fully saturated rings. The molecular formula is C21H25N3O4. The smallest absolute Gasteiger partial charge is 0.325 e. The minimum Gasteiger partial charge on any atom is -0.496 e. The maximum absolute atomic E-state index is 13.1. The zero-order valence-corrected chi connectivity index (χ0v) is 16.8. The molecule has 1 saturated heterocycles. The highest BCUT2D eigenvalue weighted by Crippen LogP contribution is 2.34. The van der Waals surface area contributed by atoms with Crippen LogP contribution >= 0.6 is 0 Å². The Morgan fingerprint density at radius 1 is 1.21 bits per heavy atom. The molecule has 1 aromatic heterocycles. The summed E-state index contributed by atoms with van der Waals surface area (Å²) in [5.41, 5.74) is 1.61. The molecule has 2 aromatic rings. The second kappa shape index (κ2) is 7.14. The quantitative estimate of drug-likeness (QED) is 0.614. The maximum Gasteiger partial charge on any atom is 0.325 e. The van der Waals surface area contributed by atoms with Gasteiger partial charge >= 0.3 is 6.03 Å². The summed E-state index contributed by atoms with van der Waals surface area (Å²) in [5, 5.41) is 2.72. The van der Waals surface area contributed by atoms with Crippen molar-refractivity contribution in [1.82, 2.24) is 14.8 Å². The van der Waals surface area contributed by atoms with Gasteiger partial charge in [-0.25, -0.2) is 4.79 Å². The topological polar surface area (TPSA) is 80.6 Å². The van der Waals surface area contributed by atoms with Crippen LogP contribution in [0, 0.1) is 13.8 Å². The van der Waals surface area contributed by atoms with E-state index in [-0.39, 0.29) is 12.3 Å². The fourth-order valence-electron chi connectivity index (χ4n) is 3.88. The van der Waals surface area contributed by atoms with Gasteiger partial charge in [-0.3, -0.25) is 14.5 Å². The number of benzene rings is 1. The van der Waals surface area contributed by atoms with E-state index in [1.165, 1.54) is 7.11 Å². The number of aromatic nitrogens is 1. The first-order valence-corrected chi connectivity index (χ1v) is 9.22. The van der Waals surface area contributed by atoms with Gasteiger partial charge in [-0.15, -0.1) is 0 Å². The molecule has 2 heterocycles. The van der Waals surface area contributed by atoms with Gasteiger partial charge in [-0.2, -0.15) is 0 Å². The van der Waals surface area contributed by atoms with Crippen LogP contribution in [0.3, 0.4) is 0 Å². The molecule has 7 nitrogen and oxygen atoms in total. The molecule has 0 saturated carbocycles. The standard InChI is InChI=1S/C21H25N3O4/c1-6-23-13(2)11-15(14(23)3)17(25)12-24-19(26)21(4,22-20(24)27)16-9-7-8-10-18(16)28-5/h7-11H,6,12H2,1-5H3,(H,22,27)/t21-/m0/s1. The average molecular weight is 383 g/mol. The Labute approximate surface area is 164 Å². The van der Waals surface area contributed by atoms with Gasteiger partial charge in [0.25, 0.3) is 5.91 Å². The Morgan fingerprint density at radius 2 is 1.89 bits per heavy atom. The van der Waals surface area contributed by atoms with Gasteiger partial charge in [-0.1, -0.05) is 18.2 Å². The van der Waals surface area contributed by atoms with Crippen molar-refractivity contribution < 1.29 is 19.1 Å². The second-order valence-electron chi connectivity index (χ2n) is 7.10. The number of amides is 3. The molecule has 28 heavy (non-hydrogen) atoms. The number of nitrogens with one attached hydrogen (secondary N) is 1. The van der Waals surface area contributed by atoms with Gasteiger partial charge in [0.15, 0.2) is 5.78 Å². The molecule has 0 spiro atoms. The molecule has 7 heteroatoms. The van der Waals surface area contributed by atoms with Gasteiger partial charge in [0.1, 0.15) is 11.3 Å². The number of imide groups is 1. The zero-order chi connectivity index (χ0) is 20.6. The molecule has 1 aliphatic rings. The number of carbonyl (C=O) groups excluding carboxylic acids is 3. The monoisotopic (exact) mass is 383 g/mol. The van der Waals surface area contributed by atoms with Crippen molar-refractivity contribution in [1.29, 1.82) is 0 Å². The first-order valence-electron chi connectivity index (χ1n) is 9.22. The normalized spacial score (nSPS) is 19.1. The Balaban J connectivity index is 1.89. The summed E-state index contributed by atoms with van der Waals surface area (Å²) in [5.74, 6) is -0.237. The number of rotatable bonds is 6. The van der Waals surface area contributed by atoms with E-state index in [4.69, 9.17) is 4.74 Å². The van der Waals surface area contributed by atoms with Crippen LogP contribution in [0.1, 0.15) is 41.2 Å². The molecule has 3 rings (SSSR count). The largest absolute Gasteiger partial charge is 0.496 e. The molecule has 0 radical (unpaired) electrons. The summed E-state index contributed by atoms with van der Waals surface area (Å²) < 4.78 is 7.37. The van der Waals surface area contributed by atoms with Crippen molar-refractivity contribution in [2.75, 3.05) is 13.7 Å². The van der Waals surface area contributed by atoms with Crippen molar-refractivity contribution in [2.24, 2.45) is 0 Å². The van der Waals surface area contributed by atoms with Gasteiger partial charge in [-0.05, 0) is 39.8 Å². The number of aryl methyl sites for hydroxylation is 1. The minimum absolute atomic E-state index is 0.263. The van der Waals surface area contributed by atoms with Crippen LogP contribution in [-0.4, -0.2) is 40.8 Å². The molecule has 1 aromatic carbocycles. The van der Waals surface area contributed by atoms with E-state index in [1.54, 1.807) is 37.3 Å². The lowest BCUT2D eigenvalue weighted by Crippen LogP contribution is -2.41. The van der Waals surface area contributed by atoms with Crippen LogP contribution in [0.2, 0.25) is 0 Å². The lowest BCUT2D eigenvalue weighted by atomic mass is 9.91. The van der Waals surface area contributed by atoms with E-state index in [1.807, 2.05) is 25.3 Å². The molecule has 0 aliphatic carbocycles. The van der Waals surface area contributed by atoms with Crippen LogP contribution in [0.4, 0.5) is 4.79 Å². The maximum atomic E-state index is 13.1. The summed E-state index contributed by atoms with van der Waals surface area (Å²) in [6.07, 6.45) is 0. The molecule has 0 unspecified atom stereocenters. The van der Waals surface area contributed by atoms with Gasteiger partial charge in [0.05, 0.1) is 13.7 Å². The van der Waals surface area contributed by atoms with Crippen molar-refractivity contribution in [3.8, 4) is 5.75 Å². The van der Waals surface area contributed by atoms with Crippen LogP contribution in [-0.2, 0) is 16.9 Å². The zero-order valence-electron chi connectivity index (χ0n) is 16.8. The molecular weight excluding hydrogens is 358 g/mol. The second-order valence-corrected chi connectivity index (χ2v) is 7.10. The molecule has 1 aliphatic heterocycles. The first-order chi connectivity index (χ1) is 13.2. The lowest BCUT2D eigenvalue weighted by Gasteiger charge is -2.24. The Kier molecular flexibility index (Phi) is 5.02. The van der Waals surface area contributed by atoms with Crippen molar-refractivity contribution in [2.45, 2.75) is 39.8 Å². The molecule has 0 bridgehead atoms. The van der Waals surface area contributed by atoms with Gasteiger partial charge in [0, 0.05) is 29.1 Å². The number of ketones is 1. The van der Waals surface area contributed by atoms with E-state index >= 15 is 0 Å².